The van der Waals surface area contributed by atoms with Crippen LogP contribution in [0.4, 0.5) is 5.69 Å². The first kappa shape index (κ1) is 20.0. The normalized spacial score (nSPS) is 13.2. The molecule has 0 aliphatic heterocycles. The van der Waals surface area contributed by atoms with Crippen molar-refractivity contribution in [3.63, 3.8) is 0 Å². The van der Waals surface area contributed by atoms with E-state index in [1.165, 1.54) is 29.5 Å². The highest BCUT2D eigenvalue weighted by atomic mass is 15.3. The summed E-state index contributed by atoms with van der Waals surface area (Å²) in [4.78, 5) is 8.60. The maximum absolute atomic E-state index is 6.20. The van der Waals surface area contributed by atoms with Crippen molar-refractivity contribution in [2.24, 2.45) is 10.7 Å². The van der Waals surface area contributed by atoms with Gasteiger partial charge in [-0.1, -0.05) is 54.6 Å². The SMILES string of the molecule is NC(=NCc1ccccc1-c1ccc(Cn2cncn2)cc1)Nc1ccc2c(c1)CCC2. The van der Waals surface area contributed by atoms with Crippen LogP contribution in [-0.4, -0.2) is 20.7 Å². The van der Waals surface area contributed by atoms with Crippen molar-refractivity contribution in [1.29, 1.82) is 0 Å². The summed E-state index contributed by atoms with van der Waals surface area (Å²) in [6.45, 7) is 1.22. The monoisotopic (exact) mass is 422 g/mol. The molecule has 160 valence electrons. The van der Waals surface area contributed by atoms with Crippen LogP contribution in [0.5, 0.6) is 0 Å². The Hall–Kier alpha value is -3.93. The van der Waals surface area contributed by atoms with Crippen molar-refractivity contribution in [1.82, 2.24) is 14.8 Å². The summed E-state index contributed by atoms with van der Waals surface area (Å²) in [6.07, 6.45) is 6.84. The van der Waals surface area contributed by atoms with Gasteiger partial charge in [-0.15, -0.1) is 0 Å². The van der Waals surface area contributed by atoms with Gasteiger partial charge in [0, 0.05) is 5.69 Å². The van der Waals surface area contributed by atoms with E-state index >= 15 is 0 Å². The summed E-state index contributed by atoms with van der Waals surface area (Å²) in [7, 11) is 0. The summed E-state index contributed by atoms with van der Waals surface area (Å²) >= 11 is 0. The highest BCUT2D eigenvalue weighted by Gasteiger charge is 2.11. The highest BCUT2D eigenvalue weighted by Crippen LogP contribution is 2.26. The van der Waals surface area contributed by atoms with E-state index in [9.17, 15) is 0 Å². The lowest BCUT2D eigenvalue weighted by Gasteiger charge is -2.11. The molecule has 32 heavy (non-hydrogen) atoms. The number of nitrogens with two attached hydrogens (primary N) is 1. The molecule has 3 aromatic carbocycles. The molecule has 1 aromatic heterocycles. The van der Waals surface area contributed by atoms with Gasteiger partial charge in [0.25, 0.3) is 0 Å². The number of guanidine groups is 1. The molecule has 0 fully saturated rings. The summed E-state index contributed by atoms with van der Waals surface area (Å²) in [5.41, 5.74) is 14.7. The van der Waals surface area contributed by atoms with Crippen LogP contribution in [0.3, 0.4) is 0 Å². The van der Waals surface area contributed by atoms with E-state index < -0.39 is 0 Å². The highest BCUT2D eigenvalue weighted by molar-refractivity contribution is 5.92. The van der Waals surface area contributed by atoms with Gasteiger partial charge in [-0.05, 0) is 64.8 Å². The van der Waals surface area contributed by atoms with E-state index in [0.717, 1.165) is 28.8 Å². The Kier molecular flexibility index (Phi) is 5.66. The fraction of sp³-hybridized carbons (Fsp3) is 0.192. The molecule has 1 aliphatic rings. The van der Waals surface area contributed by atoms with E-state index in [-0.39, 0.29) is 0 Å². The number of hydrogen-bond acceptors (Lipinski definition) is 3. The Morgan fingerprint density at radius 1 is 1.00 bits per heavy atom. The quantitative estimate of drug-likeness (QED) is 0.356. The van der Waals surface area contributed by atoms with Gasteiger partial charge in [-0.2, -0.15) is 5.10 Å². The fourth-order valence-electron chi connectivity index (χ4n) is 4.24. The van der Waals surface area contributed by atoms with E-state index in [1.807, 2.05) is 10.7 Å². The van der Waals surface area contributed by atoms with Crippen molar-refractivity contribution in [3.8, 4) is 11.1 Å². The van der Waals surface area contributed by atoms with Crippen LogP contribution in [0.15, 0.2) is 84.4 Å². The molecule has 1 aliphatic carbocycles. The van der Waals surface area contributed by atoms with Gasteiger partial charge in [0.15, 0.2) is 5.96 Å². The average molecular weight is 423 g/mol. The molecule has 0 spiro atoms. The molecular formula is C26H26N6. The predicted molar refractivity (Wildman–Crippen MR) is 128 cm³/mol. The Morgan fingerprint density at radius 3 is 2.69 bits per heavy atom. The van der Waals surface area contributed by atoms with Gasteiger partial charge >= 0.3 is 0 Å². The molecule has 0 amide bonds. The summed E-state index contributed by atoms with van der Waals surface area (Å²) in [5.74, 6) is 0.431. The lowest BCUT2D eigenvalue weighted by molar-refractivity contribution is 0.685. The number of aryl methyl sites for hydroxylation is 2. The lowest BCUT2D eigenvalue weighted by atomic mass is 9.98. The number of fused-ring (bicyclic) bond motifs is 1. The number of aromatic nitrogens is 3. The van der Waals surface area contributed by atoms with Gasteiger partial charge in [-0.25, -0.2) is 14.7 Å². The van der Waals surface area contributed by atoms with Crippen LogP contribution < -0.4 is 11.1 Å². The van der Waals surface area contributed by atoms with E-state index in [4.69, 9.17) is 5.73 Å². The Morgan fingerprint density at radius 2 is 1.84 bits per heavy atom. The third-order valence-corrected chi connectivity index (χ3v) is 5.88. The van der Waals surface area contributed by atoms with Crippen LogP contribution in [0.1, 0.15) is 28.7 Å². The molecule has 6 heteroatoms. The maximum Gasteiger partial charge on any atom is 0.193 e. The van der Waals surface area contributed by atoms with Crippen LogP contribution in [0, 0.1) is 0 Å². The molecule has 0 atom stereocenters. The Labute approximate surface area is 187 Å². The third kappa shape index (κ3) is 4.54. The molecule has 1 heterocycles. The predicted octanol–water partition coefficient (Wildman–Crippen LogP) is 4.41. The summed E-state index contributed by atoms with van der Waals surface area (Å²) in [5, 5.41) is 7.41. The largest absolute Gasteiger partial charge is 0.370 e. The number of nitrogens with one attached hydrogen (secondary N) is 1. The first-order valence-electron chi connectivity index (χ1n) is 10.9. The molecule has 5 rings (SSSR count). The van der Waals surface area contributed by atoms with E-state index in [1.54, 1.807) is 12.7 Å². The molecule has 0 saturated heterocycles. The van der Waals surface area contributed by atoms with Gasteiger partial charge in [-0.3, -0.25) is 0 Å². The standard InChI is InChI=1S/C26H26N6/c27-26(31-24-13-12-20-5-3-6-22(20)14-24)29-15-23-4-1-2-7-25(23)21-10-8-19(9-11-21)16-32-18-28-17-30-32/h1-2,4,7-14,17-18H,3,5-6,15-16H2,(H3,27,29,31). The number of aliphatic imine (C=N–C) groups is 1. The first-order valence-corrected chi connectivity index (χ1v) is 10.9. The van der Waals surface area contributed by atoms with Gasteiger partial charge < -0.3 is 11.1 Å². The number of rotatable bonds is 6. The second-order valence-corrected chi connectivity index (χ2v) is 8.11. The first-order chi connectivity index (χ1) is 15.7. The minimum absolute atomic E-state index is 0.431. The minimum atomic E-state index is 0.431. The molecule has 3 N–H and O–H groups in total. The zero-order valence-corrected chi connectivity index (χ0v) is 17.9. The Bertz CT molecular complexity index is 1230. The smallest absolute Gasteiger partial charge is 0.193 e. The third-order valence-electron chi connectivity index (χ3n) is 5.88. The summed E-state index contributed by atoms with van der Waals surface area (Å²) < 4.78 is 1.81. The average Bonchev–Trinajstić information content (AvgIpc) is 3.50. The van der Waals surface area contributed by atoms with Crippen molar-refractivity contribution in [2.45, 2.75) is 32.4 Å². The van der Waals surface area contributed by atoms with Gasteiger partial charge in [0.05, 0.1) is 13.1 Å². The summed E-state index contributed by atoms with van der Waals surface area (Å²) in [6, 6.07) is 23.3. The van der Waals surface area contributed by atoms with Crippen LogP contribution >= 0.6 is 0 Å². The van der Waals surface area contributed by atoms with Crippen molar-refractivity contribution in [3.05, 3.63) is 102 Å². The van der Waals surface area contributed by atoms with Gasteiger partial charge in [0.2, 0.25) is 0 Å². The number of benzene rings is 3. The second kappa shape index (κ2) is 9.06. The molecule has 0 bridgehead atoms. The molecule has 0 radical (unpaired) electrons. The van der Waals surface area contributed by atoms with E-state index in [2.05, 4.69) is 81.1 Å². The molecule has 4 aromatic rings. The van der Waals surface area contributed by atoms with Crippen molar-refractivity contribution < 1.29 is 0 Å². The number of anilines is 1. The molecular weight excluding hydrogens is 396 g/mol. The molecule has 6 nitrogen and oxygen atoms in total. The minimum Gasteiger partial charge on any atom is -0.370 e. The maximum atomic E-state index is 6.20. The number of hydrogen-bond donors (Lipinski definition) is 2. The van der Waals surface area contributed by atoms with Gasteiger partial charge in [0.1, 0.15) is 12.7 Å². The van der Waals surface area contributed by atoms with E-state index in [0.29, 0.717) is 19.0 Å². The van der Waals surface area contributed by atoms with Crippen LogP contribution in [0.2, 0.25) is 0 Å². The molecule has 0 saturated carbocycles. The lowest BCUT2D eigenvalue weighted by Crippen LogP contribution is -2.22. The van der Waals surface area contributed by atoms with Crippen LogP contribution in [-0.2, 0) is 25.9 Å². The fourth-order valence-corrected chi connectivity index (χ4v) is 4.24. The van der Waals surface area contributed by atoms with Crippen LogP contribution in [0.25, 0.3) is 11.1 Å². The Balaban J connectivity index is 1.29. The molecule has 0 unspecified atom stereocenters. The van der Waals surface area contributed by atoms with Crippen molar-refractivity contribution >= 4 is 11.6 Å². The zero-order valence-electron chi connectivity index (χ0n) is 17.9. The topological polar surface area (TPSA) is 81.1 Å². The number of nitrogens with zero attached hydrogens (tertiary/aromatic N) is 4. The zero-order chi connectivity index (χ0) is 21.8. The van der Waals surface area contributed by atoms with Crippen molar-refractivity contribution in [2.75, 3.05) is 5.32 Å². The second-order valence-electron chi connectivity index (χ2n) is 8.11.